The number of hydrogen-bond donors (Lipinski definition) is 4. The summed E-state index contributed by atoms with van der Waals surface area (Å²) >= 11 is 1.43. The van der Waals surface area contributed by atoms with E-state index in [9.17, 15) is 14.4 Å². The number of esters is 1. The molecule has 0 radical (unpaired) electrons. The highest BCUT2D eigenvalue weighted by atomic mass is 32.2. The first-order chi connectivity index (χ1) is 19.8. The first kappa shape index (κ1) is 32.2. The van der Waals surface area contributed by atoms with Gasteiger partial charge in [-0.05, 0) is 59.9 Å². The van der Waals surface area contributed by atoms with Gasteiger partial charge in [-0.2, -0.15) is 0 Å². The van der Waals surface area contributed by atoms with Crippen molar-refractivity contribution in [2.45, 2.75) is 33.1 Å². The van der Waals surface area contributed by atoms with E-state index in [2.05, 4.69) is 36.5 Å². The highest BCUT2D eigenvalue weighted by molar-refractivity contribution is 7.99. The number of carbonyl (C=O) groups excluding carboxylic acids is 3. The van der Waals surface area contributed by atoms with E-state index in [4.69, 9.17) is 15.3 Å². The maximum atomic E-state index is 13.5. The van der Waals surface area contributed by atoms with E-state index in [1.54, 1.807) is 43.5 Å². The molecule has 0 saturated carbocycles. The fourth-order valence-corrected chi connectivity index (χ4v) is 4.54. The Morgan fingerprint density at radius 3 is 2.26 bits per heavy atom. The molecule has 0 aliphatic carbocycles. The van der Waals surface area contributed by atoms with Crippen molar-refractivity contribution in [3.63, 3.8) is 0 Å². The monoisotopic (exact) mass is 592 g/mol. The number of aryl methyl sites for hydroxylation is 1. The van der Waals surface area contributed by atoms with Crippen LogP contribution in [0.15, 0.2) is 66.5 Å². The smallest absolute Gasteiger partial charge is 0.337 e. The van der Waals surface area contributed by atoms with Crippen LogP contribution in [-0.2, 0) is 10.2 Å². The Kier molecular flexibility index (Phi) is 10.4. The molecule has 0 atom stereocenters. The number of hydrazine groups is 1. The number of anilines is 3. The van der Waals surface area contributed by atoms with Gasteiger partial charge in [0.15, 0.2) is 11.4 Å². The molecule has 0 aliphatic heterocycles. The van der Waals surface area contributed by atoms with E-state index in [0.29, 0.717) is 22.7 Å². The third-order valence-corrected chi connectivity index (χ3v) is 6.93. The lowest BCUT2D eigenvalue weighted by molar-refractivity contribution is -0.293. The maximum Gasteiger partial charge on any atom is 0.337 e. The molecule has 0 saturated heterocycles. The molecule has 1 amide bonds. The number of methoxy groups -OCH3 is 2. The molecule has 0 bridgehead atoms. The van der Waals surface area contributed by atoms with Crippen LogP contribution in [0.2, 0.25) is 0 Å². The Morgan fingerprint density at radius 1 is 0.976 bits per heavy atom. The summed E-state index contributed by atoms with van der Waals surface area (Å²) in [6, 6.07) is 15.2. The zero-order chi connectivity index (χ0) is 31.2. The normalized spacial score (nSPS) is 11.5. The van der Waals surface area contributed by atoms with E-state index in [1.807, 2.05) is 25.3 Å². The second kappa shape index (κ2) is 13.6. The van der Waals surface area contributed by atoms with E-state index in [0.717, 1.165) is 16.8 Å². The summed E-state index contributed by atoms with van der Waals surface area (Å²) in [5, 5.41) is 4.23. The first-order valence-corrected chi connectivity index (χ1v) is 14.3. The highest BCUT2D eigenvalue weighted by Gasteiger charge is 2.22. The van der Waals surface area contributed by atoms with Gasteiger partial charge in [-0.25, -0.2) is 10.6 Å². The quantitative estimate of drug-likeness (QED) is 0.0657. The number of nitrogens with zero attached hydrogens (tertiary/aromatic N) is 1. The van der Waals surface area contributed by atoms with E-state index in [1.165, 1.54) is 36.3 Å². The molecule has 0 fully saturated rings. The third kappa shape index (κ3) is 7.49. The minimum absolute atomic E-state index is 0.0892. The van der Waals surface area contributed by atoms with Gasteiger partial charge in [0, 0.05) is 17.4 Å². The topological polar surface area (TPSA) is 151 Å². The number of benzene rings is 3. The maximum absolute atomic E-state index is 13.5. The van der Waals surface area contributed by atoms with E-state index >= 15 is 0 Å². The summed E-state index contributed by atoms with van der Waals surface area (Å²) in [7, 11) is 2.82. The molecule has 0 heterocycles. The molecule has 10 nitrogen and oxygen atoms in total. The largest absolute Gasteiger partial charge is 0.492 e. The lowest BCUT2D eigenvalue weighted by Crippen LogP contribution is -2.52. The number of ether oxygens (including phenoxy) is 2. The fourth-order valence-electron chi connectivity index (χ4n) is 4.17. The van der Waals surface area contributed by atoms with Gasteiger partial charge < -0.3 is 25.2 Å². The zero-order valence-corrected chi connectivity index (χ0v) is 25.8. The molecule has 3 aromatic rings. The number of allylic oxidation sites excluding steroid dienone is 1. The SMILES string of the molecule is COC(=O)c1cccc(C(=O)/C([NH3+])=C/N(N)c2cc(C(=O)Nc3cc(C(C)(C)C)cc(NSC)c3OC)ccc2C)c1. The van der Waals surface area contributed by atoms with Crippen LogP contribution in [0.4, 0.5) is 17.1 Å². The Bertz CT molecular complexity index is 1530. The molecule has 11 heteroatoms. The molecule has 0 unspecified atom stereocenters. The van der Waals surface area contributed by atoms with Crippen LogP contribution < -0.4 is 31.4 Å². The highest BCUT2D eigenvalue weighted by Crippen LogP contribution is 2.39. The van der Waals surface area contributed by atoms with Crippen LogP contribution in [0.1, 0.15) is 63.0 Å². The Labute approximate surface area is 250 Å². The molecule has 222 valence electrons. The van der Waals surface area contributed by atoms with Gasteiger partial charge >= 0.3 is 5.97 Å². The number of nitrogens with two attached hydrogens (primary N) is 1. The summed E-state index contributed by atoms with van der Waals surface area (Å²) in [5.74, 6) is 5.51. The molecular weight excluding hydrogens is 554 g/mol. The fraction of sp³-hybridized carbons (Fsp3) is 0.258. The standard InChI is InChI=1S/C31H37N5O5S/c1-18-11-12-20(29(38)34-24-15-22(31(2,3)4)16-25(35-42-7)28(24)40-5)14-26(18)36(33)17-23(32)27(37)19-9-8-10-21(13-19)30(39)41-6/h8-17,35H,32-33H2,1-7H3,(H,34,38)/p+1/b23-17-. The van der Waals surface area contributed by atoms with Crippen molar-refractivity contribution >= 4 is 46.7 Å². The number of quaternary nitrogens is 1. The molecule has 3 aromatic carbocycles. The minimum Gasteiger partial charge on any atom is -0.492 e. The number of rotatable bonds is 10. The van der Waals surface area contributed by atoms with Crippen molar-refractivity contribution < 1.29 is 29.6 Å². The molecular formula is C31H38N5O5S+. The summed E-state index contributed by atoms with van der Waals surface area (Å²) in [6.45, 7) is 8.12. The number of hydrogen-bond acceptors (Lipinski definition) is 9. The lowest BCUT2D eigenvalue weighted by atomic mass is 9.86. The van der Waals surface area contributed by atoms with Crippen LogP contribution in [0.5, 0.6) is 5.75 Å². The van der Waals surface area contributed by atoms with Crippen LogP contribution in [0.25, 0.3) is 0 Å². The Morgan fingerprint density at radius 2 is 1.64 bits per heavy atom. The molecule has 42 heavy (non-hydrogen) atoms. The van der Waals surface area contributed by atoms with Crippen molar-refractivity contribution in [2.75, 3.05) is 35.5 Å². The van der Waals surface area contributed by atoms with E-state index in [-0.39, 0.29) is 28.1 Å². The molecule has 0 aliphatic rings. The molecule has 3 rings (SSSR count). The minimum atomic E-state index is -0.551. The van der Waals surface area contributed by atoms with Gasteiger partial charge in [0.1, 0.15) is 0 Å². The summed E-state index contributed by atoms with van der Waals surface area (Å²) in [5.41, 5.74) is 8.21. The van der Waals surface area contributed by atoms with Gasteiger partial charge in [0.05, 0.1) is 43.0 Å². The summed E-state index contributed by atoms with van der Waals surface area (Å²) in [4.78, 5) is 38.3. The van der Waals surface area contributed by atoms with Crippen molar-refractivity contribution in [2.24, 2.45) is 5.84 Å². The average molecular weight is 593 g/mol. The van der Waals surface area contributed by atoms with Crippen molar-refractivity contribution in [3.8, 4) is 5.75 Å². The number of Topliss-reactive ketones (excluding diaryl/α,β-unsaturated/α-hetero) is 1. The molecule has 0 aromatic heterocycles. The van der Waals surface area contributed by atoms with Gasteiger partial charge in [-0.1, -0.05) is 50.9 Å². The molecule has 0 spiro atoms. The average Bonchev–Trinajstić information content (AvgIpc) is 2.96. The predicted octanol–water partition coefficient (Wildman–Crippen LogP) is 4.68. The Balaban J connectivity index is 1.91. The van der Waals surface area contributed by atoms with Gasteiger partial charge in [-0.3, -0.25) is 14.6 Å². The number of carbonyl (C=O) groups is 3. The number of ketones is 1. The molecule has 7 N–H and O–H groups in total. The summed E-state index contributed by atoms with van der Waals surface area (Å²) < 4.78 is 13.6. The van der Waals surface area contributed by atoms with Crippen LogP contribution in [0, 0.1) is 6.92 Å². The van der Waals surface area contributed by atoms with Crippen LogP contribution in [-0.4, -0.2) is 38.1 Å². The second-order valence-electron chi connectivity index (χ2n) is 10.6. The van der Waals surface area contributed by atoms with Crippen LogP contribution in [0.3, 0.4) is 0 Å². The Hall–Kier alpha value is -4.32. The lowest BCUT2D eigenvalue weighted by Gasteiger charge is -2.24. The van der Waals surface area contributed by atoms with Gasteiger partial charge in [0.2, 0.25) is 5.78 Å². The van der Waals surface area contributed by atoms with Crippen molar-refractivity contribution in [1.82, 2.24) is 0 Å². The number of nitrogens with one attached hydrogen (secondary N) is 2. The van der Waals surface area contributed by atoms with Crippen molar-refractivity contribution in [3.05, 3.63) is 94.3 Å². The first-order valence-electron chi connectivity index (χ1n) is 13.0. The second-order valence-corrected chi connectivity index (χ2v) is 11.2. The predicted molar refractivity (Wildman–Crippen MR) is 168 cm³/mol. The van der Waals surface area contributed by atoms with Gasteiger partial charge in [0.25, 0.3) is 5.91 Å². The third-order valence-electron chi connectivity index (χ3n) is 6.50. The van der Waals surface area contributed by atoms with Gasteiger partial charge in [-0.15, -0.1) is 0 Å². The zero-order valence-electron chi connectivity index (χ0n) is 25.0. The van der Waals surface area contributed by atoms with Crippen molar-refractivity contribution in [1.29, 1.82) is 0 Å². The van der Waals surface area contributed by atoms with Crippen LogP contribution >= 0.6 is 11.9 Å². The summed E-state index contributed by atoms with van der Waals surface area (Å²) in [6.07, 6.45) is 3.29. The number of amides is 1. The van der Waals surface area contributed by atoms with E-state index < -0.39 is 11.8 Å².